The topological polar surface area (TPSA) is 64.6 Å². The van der Waals surface area contributed by atoms with E-state index in [-0.39, 0.29) is 12.0 Å². The van der Waals surface area contributed by atoms with E-state index in [0.717, 1.165) is 23.1 Å². The molecule has 1 amide bonds. The summed E-state index contributed by atoms with van der Waals surface area (Å²) in [7, 11) is 1.54. The molecule has 1 unspecified atom stereocenters. The molecule has 126 valence electrons. The second kappa shape index (κ2) is 6.86. The Morgan fingerprint density at radius 1 is 1.17 bits per heavy atom. The molecule has 0 bridgehead atoms. The lowest BCUT2D eigenvalue weighted by atomic mass is 10.1. The average molecular weight is 327 g/mol. The van der Waals surface area contributed by atoms with E-state index in [1.807, 2.05) is 30.9 Å². The Bertz CT molecular complexity index is 728. The number of rotatable bonds is 4. The van der Waals surface area contributed by atoms with Gasteiger partial charge in [0.15, 0.2) is 0 Å². The Hall–Kier alpha value is -2.63. The SMILES string of the molecule is COc1cncc(OC2CCN(C(=O)c3cc(C)cc(C)c3)C2)n1. The van der Waals surface area contributed by atoms with E-state index in [2.05, 4.69) is 16.0 Å². The van der Waals surface area contributed by atoms with Crippen LogP contribution in [-0.4, -0.2) is 47.1 Å². The monoisotopic (exact) mass is 327 g/mol. The van der Waals surface area contributed by atoms with E-state index < -0.39 is 0 Å². The van der Waals surface area contributed by atoms with Gasteiger partial charge in [-0.1, -0.05) is 17.2 Å². The van der Waals surface area contributed by atoms with E-state index in [9.17, 15) is 4.79 Å². The third-order valence-electron chi connectivity index (χ3n) is 3.99. The predicted molar refractivity (Wildman–Crippen MR) is 89.4 cm³/mol. The number of hydrogen-bond donors (Lipinski definition) is 0. The summed E-state index contributed by atoms with van der Waals surface area (Å²) in [5.41, 5.74) is 2.92. The molecule has 24 heavy (non-hydrogen) atoms. The van der Waals surface area contributed by atoms with Crippen molar-refractivity contribution in [2.75, 3.05) is 20.2 Å². The Kier molecular flexibility index (Phi) is 4.64. The summed E-state index contributed by atoms with van der Waals surface area (Å²) in [6.45, 7) is 5.22. The normalized spacial score (nSPS) is 17.0. The number of hydrogen-bond acceptors (Lipinski definition) is 5. The van der Waals surface area contributed by atoms with Gasteiger partial charge in [0.1, 0.15) is 6.10 Å². The molecule has 1 aliphatic heterocycles. The molecule has 6 nitrogen and oxygen atoms in total. The molecule has 1 fully saturated rings. The fraction of sp³-hybridized carbons (Fsp3) is 0.389. The van der Waals surface area contributed by atoms with Crippen LogP contribution in [0.4, 0.5) is 0 Å². The Morgan fingerprint density at radius 2 is 1.88 bits per heavy atom. The molecular weight excluding hydrogens is 306 g/mol. The fourth-order valence-electron chi connectivity index (χ4n) is 2.95. The number of ether oxygens (including phenoxy) is 2. The molecule has 0 saturated carbocycles. The van der Waals surface area contributed by atoms with E-state index in [4.69, 9.17) is 9.47 Å². The van der Waals surface area contributed by atoms with Gasteiger partial charge in [-0.15, -0.1) is 0 Å². The van der Waals surface area contributed by atoms with Crippen molar-refractivity contribution < 1.29 is 14.3 Å². The minimum atomic E-state index is -0.0822. The van der Waals surface area contributed by atoms with Crippen LogP contribution in [0.2, 0.25) is 0 Å². The van der Waals surface area contributed by atoms with Crippen molar-refractivity contribution in [3.8, 4) is 11.8 Å². The van der Waals surface area contributed by atoms with Crippen LogP contribution in [0.25, 0.3) is 0 Å². The van der Waals surface area contributed by atoms with Gasteiger partial charge in [-0.2, -0.15) is 4.98 Å². The number of aryl methyl sites for hydroxylation is 2. The number of aromatic nitrogens is 2. The largest absolute Gasteiger partial charge is 0.480 e. The standard InChI is InChI=1S/C18H21N3O3/c1-12-6-13(2)8-14(7-12)18(22)21-5-4-15(11-21)24-17-10-19-9-16(20-17)23-3/h6-10,15H,4-5,11H2,1-3H3. The van der Waals surface area contributed by atoms with Crippen LogP contribution in [0, 0.1) is 13.8 Å². The van der Waals surface area contributed by atoms with Crippen molar-refractivity contribution in [2.45, 2.75) is 26.4 Å². The van der Waals surface area contributed by atoms with Crippen LogP contribution in [0.3, 0.4) is 0 Å². The summed E-state index contributed by atoms with van der Waals surface area (Å²) >= 11 is 0. The molecule has 0 N–H and O–H groups in total. The summed E-state index contributed by atoms with van der Waals surface area (Å²) < 4.78 is 10.9. The quantitative estimate of drug-likeness (QED) is 0.863. The summed E-state index contributed by atoms with van der Waals surface area (Å²) in [6, 6.07) is 5.92. The maximum atomic E-state index is 12.7. The van der Waals surface area contributed by atoms with Gasteiger partial charge in [0.25, 0.3) is 5.91 Å². The first-order chi connectivity index (χ1) is 11.5. The summed E-state index contributed by atoms with van der Waals surface area (Å²) in [5, 5.41) is 0. The van der Waals surface area contributed by atoms with E-state index in [0.29, 0.717) is 24.8 Å². The van der Waals surface area contributed by atoms with Gasteiger partial charge in [-0.3, -0.25) is 9.78 Å². The first-order valence-electron chi connectivity index (χ1n) is 7.95. The van der Waals surface area contributed by atoms with Gasteiger partial charge >= 0.3 is 0 Å². The summed E-state index contributed by atoms with van der Waals surface area (Å²) in [5.74, 6) is 0.873. The fourth-order valence-corrected chi connectivity index (χ4v) is 2.95. The zero-order valence-electron chi connectivity index (χ0n) is 14.2. The number of likely N-dealkylation sites (tertiary alicyclic amines) is 1. The number of methoxy groups -OCH3 is 1. The van der Waals surface area contributed by atoms with Crippen LogP contribution >= 0.6 is 0 Å². The minimum Gasteiger partial charge on any atom is -0.480 e. The minimum absolute atomic E-state index is 0.0460. The summed E-state index contributed by atoms with van der Waals surface area (Å²) in [6.07, 6.45) is 3.77. The van der Waals surface area contributed by atoms with Gasteiger partial charge < -0.3 is 14.4 Å². The number of amides is 1. The Morgan fingerprint density at radius 3 is 2.58 bits per heavy atom. The van der Waals surface area contributed by atoms with Crippen LogP contribution in [0.1, 0.15) is 27.9 Å². The molecule has 0 aliphatic carbocycles. The van der Waals surface area contributed by atoms with Crippen LogP contribution < -0.4 is 9.47 Å². The molecule has 1 atom stereocenters. The Labute approximate surface area is 141 Å². The van der Waals surface area contributed by atoms with Crippen molar-refractivity contribution in [3.63, 3.8) is 0 Å². The predicted octanol–water partition coefficient (Wildman–Crippen LogP) is 2.40. The highest BCUT2D eigenvalue weighted by molar-refractivity contribution is 5.94. The van der Waals surface area contributed by atoms with Crippen LogP contribution in [0.15, 0.2) is 30.6 Å². The number of carbonyl (C=O) groups excluding carboxylic acids is 1. The van der Waals surface area contributed by atoms with Gasteiger partial charge in [0, 0.05) is 18.5 Å². The highest BCUT2D eigenvalue weighted by atomic mass is 16.5. The van der Waals surface area contributed by atoms with Crippen molar-refractivity contribution >= 4 is 5.91 Å². The zero-order chi connectivity index (χ0) is 17.1. The van der Waals surface area contributed by atoms with Crippen molar-refractivity contribution in [2.24, 2.45) is 0 Å². The molecule has 1 aliphatic rings. The van der Waals surface area contributed by atoms with Gasteiger partial charge in [-0.25, -0.2) is 0 Å². The zero-order valence-corrected chi connectivity index (χ0v) is 14.2. The highest BCUT2D eigenvalue weighted by Crippen LogP contribution is 2.20. The van der Waals surface area contributed by atoms with E-state index >= 15 is 0 Å². The molecule has 2 heterocycles. The molecule has 1 saturated heterocycles. The lowest BCUT2D eigenvalue weighted by molar-refractivity contribution is 0.0770. The smallest absolute Gasteiger partial charge is 0.254 e. The number of benzene rings is 1. The average Bonchev–Trinajstić information content (AvgIpc) is 3.02. The molecular formula is C18H21N3O3. The Balaban J connectivity index is 1.65. The lowest BCUT2D eigenvalue weighted by Gasteiger charge is -2.17. The molecule has 3 rings (SSSR count). The van der Waals surface area contributed by atoms with Crippen molar-refractivity contribution in [1.82, 2.24) is 14.9 Å². The number of carbonyl (C=O) groups is 1. The molecule has 0 spiro atoms. The van der Waals surface area contributed by atoms with E-state index in [1.54, 1.807) is 6.20 Å². The third-order valence-corrected chi connectivity index (χ3v) is 3.99. The second-order valence-electron chi connectivity index (χ2n) is 6.06. The third kappa shape index (κ3) is 3.64. The van der Waals surface area contributed by atoms with Crippen molar-refractivity contribution in [1.29, 1.82) is 0 Å². The molecule has 1 aromatic heterocycles. The highest BCUT2D eigenvalue weighted by Gasteiger charge is 2.28. The van der Waals surface area contributed by atoms with Gasteiger partial charge in [0.2, 0.25) is 11.8 Å². The first-order valence-corrected chi connectivity index (χ1v) is 7.95. The van der Waals surface area contributed by atoms with E-state index in [1.165, 1.54) is 13.3 Å². The second-order valence-corrected chi connectivity index (χ2v) is 6.06. The lowest BCUT2D eigenvalue weighted by Crippen LogP contribution is -2.31. The first kappa shape index (κ1) is 16.2. The van der Waals surface area contributed by atoms with Crippen LogP contribution in [0.5, 0.6) is 11.8 Å². The maximum absolute atomic E-state index is 12.7. The summed E-state index contributed by atoms with van der Waals surface area (Å²) in [4.78, 5) is 22.7. The molecule has 1 aromatic carbocycles. The maximum Gasteiger partial charge on any atom is 0.254 e. The molecule has 2 aromatic rings. The van der Waals surface area contributed by atoms with Gasteiger partial charge in [0.05, 0.1) is 26.0 Å². The molecule has 6 heteroatoms. The number of nitrogens with zero attached hydrogens (tertiary/aromatic N) is 3. The van der Waals surface area contributed by atoms with Gasteiger partial charge in [-0.05, 0) is 26.0 Å². The van der Waals surface area contributed by atoms with Crippen molar-refractivity contribution in [3.05, 3.63) is 47.3 Å². The van der Waals surface area contributed by atoms with Crippen LogP contribution in [-0.2, 0) is 0 Å². The molecule has 0 radical (unpaired) electrons.